The van der Waals surface area contributed by atoms with E-state index in [2.05, 4.69) is 13.5 Å². The van der Waals surface area contributed by atoms with E-state index in [1.165, 1.54) is 0 Å². The molecule has 1 amide bonds. The highest BCUT2D eigenvalue weighted by atomic mass is 16.2. The van der Waals surface area contributed by atoms with Crippen LogP contribution in [0, 0.1) is 0 Å². The molecule has 1 saturated heterocycles. The standard InChI is InChI=1S/C10H17NO/c1-3-4-6-9(2)11-8-5-7-10(11)12/h3,9H,1,4-8H2,2H3. The molecule has 12 heavy (non-hydrogen) atoms. The summed E-state index contributed by atoms with van der Waals surface area (Å²) in [6, 6.07) is 0.401. The summed E-state index contributed by atoms with van der Waals surface area (Å²) in [6.07, 6.45) is 5.76. The van der Waals surface area contributed by atoms with Gasteiger partial charge < -0.3 is 4.90 Å². The first-order chi connectivity index (χ1) is 5.75. The summed E-state index contributed by atoms with van der Waals surface area (Å²) in [5.74, 6) is 0.326. The number of nitrogens with zero attached hydrogens (tertiary/aromatic N) is 1. The fourth-order valence-corrected chi connectivity index (χ4v) is 1.65. The number of amides is 1. The topological polar surface area (TPSA) is 20.3 Å². The molecule has 0 radical (unpaired) electrons. The summed E-state index contributed by atoms with van der Waals surface area (Å²) in [5, 5.41) is 0. The van der Waals surface area contributed by atoms with E-state index in [4.69, 9.17) is 0 Å². The lowest BCUT2D eigenvalue weighted by molar-refractivity contribution is -0.129. The molecule has 0 spiro atoms. The third-order valence-electron chi connectivity index (χ3n) is 2.43. The van der Waals surface area contributed by atoms with Crippen molar-refractivity contribution in [3.05, 3.63) is 12.7 Å². The lowest BCUT2D eigenvalue weighted by Gasteiger charge is -2.23. The van der Waals surface area contributed by atoms with Crippen molar-refractivity contribution in [1.82, 2.24) is 4.90 Å². The van der Waals surface area contributed by atoms with Crippen molar-refractivity contribution >= 4 is 5.91 Å². The third-order valence-corrected chi connectivity index (χ3v) is 2.43. The van der Waals surface area contributed by atoms with Gasteiger partial charge in [0.25, 0.3) is 0 Å². The van der Waals surface area contributed by atoms with Gasteiger partial charge in [0.05, 0.1) is 0 Å². The van der Waals surface area contributed by atoms with Gasteiger partial charge in [0.15, 0.2) is 0 Å². The predicted octanol–water partition coefficient (Wildman–Crippen LogP) is 1.96. The summed E-state index contributed by atoms with van der Waals surface area (Å²) in [6.45, 7) is 6.75. The molecule has 0 saturated carbocycles. The lowest BCUT2D eigenvalue weighted by atomic mass is 10.1. The number of rotatable bonds is 4. The molecule has 0 aromatic carbocycles. The molecule has 1 unspecified atom stereocenters. The number of carbonyl (C=O) groups excluding carboxylic acids is 1. The Morgan fingerprint density at radius 3 is 3.00 bits per heavy atom. The van der Waals surface area contributed by atoms with Crippen molar-refractivity contribution in [3.63, 3.8) is 0 Å². The van der Waals surface area contributed by atoms with Gasteiger partial charge in [0, 0.05) is 19.0 Å². The lowest BCUT2D eigenvalue weighted by Crippen LogP contribution is -2.33. The number of hydrogen-bond donors (Lipinski definition) is 0. The Hall–Kier alpha value is -0.790. The first-order valence-electron chi connectivity index (χ1n) is 4.66. The van der Waals surface area contributed by atoms with Gasteiger partial charge >= 0.3 is 0 Å². The molecule has 1 aliphatic rings. The average Bonchev–Trinajstić information content (AvgIpc) is 2.47. The molecular weight excluding hydrogens is 150 g/mol. The van der Waals surface area contributed by atoms with Crippen LogP contribution in [-0.2, 0) is 4.79 Å². The zero-order chi connectivity index (χ0) is 8.97. The Balaban J connectivity index is 2.35. The monoisotopic (exact) mass is 167 g/mol. The molecule has 0 bridgehead atoms. The number of likely N-dealkylation sites (tertiary alicyclic amines) is 1. The van der Waals surface area contributed by atoms with Crippen LogP contribution in [0.15, 0.2) is 12.7 Å². The number of carbonyl (C=O) groups is 1. The zero-order valence-electron chi connectivity index (χ0n) is 7.75. The second-order valence-electron chi connectivity index (χ2n) is 3.41. The minimum absolute atomic E-state index is 0.326. The van der Waals surface area contributed by atoms with Crippen molar-refractivity contribution in [2.45, 2.75) is 38.6 Å². The Morgan fingerprint density at radius 1 is 1.75 bits per heavy atom. The Kier molecular flexibility index (Phi) is 3.32. The maximum absolute atomic E-state index is 11.3. The van der Waals surface area contributed by atoms with Crippen LogP contribution in [0.5, 0.6) is 0 Å². The molecule has 1 heterocycles. The fourth-order valence-electron chi connectivity index (χ4n) is 1.65. The molecule has 0 aromatic heterocycles. The minimum Gasteiger partial charge on any atom is -0.340 e. The zero-order valence-corrected chi connectivity index (χ0v) is 7.75. The van der Waals surface area contributed by atoms with E-state index in [0.717, 1.165) is 32.2 Å². The van der Waals surface area contributed by atoms with Gasteiger partial charge in [-0.3, -0.25) is 4.79 Å². The normalized spacial score (nSPS) is 19.8. The van der Waals surface area contributed by atoms with Crippen LogP contribution >= 0.6 is 0 Å². The molecule has 1 rings (SSSR count). The molecule has 1 fully saturated rings. The number of allylic oxidation sites excluding steroid dienone is 1. The van der Waals surface area contributed by atoms with E-state index in [1.807, 2.05) is 11.0 Å². The van der Waals surface area contributed by atoms with Gasteiger partial charge in [0.1, 0.15) is 0 Å². The largest absolute Gasteiger partial charge is 0.340 e. The summed E-state index contributed by atoms with van der Waals surface area (Å²) in [7, 11) is 0. The summed E-state index contributed by atoms with van der Waals surface area (Å²) in [5.41, 5.74) is 0. The van der Waals surface area contributed by atoms with Crippen molar-refractivity contribution in [1.29, 1.82) is 0 Å². The molecule has 2 heteroatoms. The molecule has 0 aromatic rings. The molecule has 2 nitrogen and oxygen atoms in total. The molecule has 0 aliphatic carbocycles. The average molecular weight is 167 g/mol. The molecule has 1 aliphatic heterocycles. The van der Waals surface area contributed by atoms with Gasteiger partial charge in [-0.25, -0.2) is 0 Å². The van der Waals surface area contributed by atoms with Gasteiger partial charge in [-0.1, -0.05) is 6.08 Å². The van der Waals surface area contributed by atoms with E-state index < -0.39 is 0 Å². The first kappa shape index (κ1) is 9.30. The smallest absolute Gasteiger partial charge is 0.222 e. The second kappa shape index (κ2) is 4.29. The Bertz CT molecular complexity index is 177. The Morgan fingerprint density at radius 2 is 2.50 bits per heavy atom. The Labute approximate surface area is 74.2 Å². The van der Waals surface area contributed by atoms with Gasteiger partial charge in [0.2, 0.25) is 5.91 Å². The van der Waals surface area contributed by atoms with Crippen LogP contribution in [0.2, 0.25) is 0 Å². The fraction of sp³-hybridized carbons (Fsp3) is 0.700. The van der Waals surface area contributed by atoms with Gasteiger partial charge in [-0.15, -0.1) is 6.58 Å². The van der Waals surface area contributed by atoms with E-state index in [1.54, 1.807) is 0 Å². The summed E-state index contributed by atoms with van der Waals surface area (Å²) < 4.78 is 0. The SMILES string of the molecule is C=CCCC(C)N1CCCC1=O. The number of hydrogen-bond acceptors (Lipinski definition) is 1. The van der Waals surface area contributed by atoms with Crippen LogP contribution in [0.4, 0.5) is 0 Å². The highest BCUT2D eigenvalue weighted by molar-refractivity contribution is 5.78. The second-order valence-corrected chi connectivity index (χ2v) is 3.41. The first-order valence-corrected chi connectivity index (χ1v) is 4.66. The highest BCUT2D eigenvalue weighted by Gasteiger charge is 2.23. The maximum atomic E-state index is 11.3. The van der Waals surface area contributed by atoms with E-state index in [0.29, 0.717) is 11.9 Å². The molecule has 68 valence electrons. The van der Waals surface area contributed by atoms with E-state index in [9.17, 15) is 4.79 Å². The van der Waals surface area contributed by atoms with Crippen LogP contribution in [0.1, 0.15) is 32.6 Å². The highest BCUT2D eigenvalue weighted by Crippen LogP contribution is 2.16. The van der Waals surface area contributed by atoms with Crippen LogP contribution in [-0.4, -0.2) is 23.4 Å². The summed E-state index contributed by atoms with van der Waals surface area (Å²) in [4.78, 5) is 13.3. The van der Waals surface area contributed by atoms with Crippen LogP contribution in [0.25, 0.3) is 0 Å². The van der Waals surface area contributed by atoms with Crippen molar-refractivity contribution in [2.24, 2.45) is 0 Å². The van der Waals surface area contributed by atoms with Crippen molar-refractivity contribution < 1.29 is 4.79 Å². The quantitative estimate of drug-likeness (QED) is 0.586. The minimum atomic E-state index is 0.326. The van der Waals surface area contributed by atoms with Crippen LogP contribution < -0.4 is 0 Å². The molecule has 0 N–H and O–H groups in total. The van der Waals surface area contributed by atoms with Gasteiger partial charge in [-0.2, -0.15) is 0 Å². The van der Waals surface area contributed by atoms with Gasteiger partial charge in [-0.05, 0) is 26.2 Å². The van der Waals surface area contributed by atoms with E-state index in [-0.39, 0.29) is 0 Å². The molecular formula is C10H17NO. The molecule has 1 atom stereocenters. The maximum Gasteiger partial charge on any atom is 0.222 e. The van der Waals surface area contributed by atoms with Crippen molar-refractivity contribution in [2.75, 3.05) is 6.54 Å². The van der Waals surface area contributed by atoms with Crippen molar-refractivity contribution in [3.8, 4) is 0 Å². The third kappa shape index (κ3) is 2.10. The van der Waals surface area contributed by atoms with E-state index >= 15 is 0 Å². The predicted molar refractivity (Wildman–Crippen MR) is 49.8 cm³/mol. The summed E-state index contributed by atoms with van der Waals surface area (Å²) >= 11 is 0. The van der Waals surface area contributed by atoms with Crippen LogP contribution in [0.3, 0.4) is 0 Å².